The first-order chi connectivity index (χ1) is 7.21. The Kier molecular flexibility index (Phi) is 2.75. The van der Waals surface area contributed by atoms with Crippen molar-refractivity contribution in [3.63, 3.8) is 0 Å². The maximum atomic E-state index is 10.3. The summed E-state index contributed by atoms with van der Waals surface area (Å²) in [4.78, 5) is 1.80. The quantitative estimate of drug-likeness (QED) is 0.523. The lowest BCUT2D eigenvalue weighted by Crippen LogP contribution is -2.57. The van der Waals surface area contributed by atoms with Crippen LogP contribution in [0.5, 0.6) is 0 Å². The zero-order valence-electron chi connectivity index (χ0n) is 9.15. The van der Waals surface area contributed by atoms with E-state index in [1.165, 1.54) is 19.3 Å². The van der Waals surface area contributed by atoms with Gasteiger partial charge in [0.1, 0.15) is 0 Å². The molecule has 0 aromatic heterocycles. The molecule has 0 aromatic carbocycles. The Bertz CT molecular complexity index is 293. The van der Waals surface area contributed by atoms with Crippen LogP contribution in [0.15, 0.2) is 12.7 Å². The highest BCUT2D eigenvalue weighted by atomic mass is 16.3. The zero-order valence-corrected chi connectivity index (χ0v) is 9.15. The van der Waals surface area contributed by atoms with E-state index in [9.17, 15) is 5.11 Å². The molecule has 1 N–H and O–H groups in total. The highest BCUT2D eigenvalue weighted by Gasteiger charge is 2.43. The van der Waals surface area contributed by atoms with Crippen molar-refractivity contribution in [3.8, 4) is 12.5 Å². The lowest BCUT2D eigenvalue weighted by Gasteiger charge is -2.50. The number of likely N-dealkylation sites (tertiary alicyclic amines) is 1. The summed E-state index contributed by atoms with van der Waals surface area (Å²) >= 11 is 0. The SMILES string of the molecule is C#CN1C2CCCCC2CCC1(O)C=C. The van der Waals surface area contributed by atoms with Crippen molar-refractivity contribution >= 4 is 0 Å². The van der Waals surface area contributed by atoms with Gasteiger partial charge in [-0.05, 0) is 37.7 Å². The van der Waals surface area contributed by atoms with E-state index in [-0.39, 0.29) is 0 Å². The second kappa shape index (κ2) is 3.90. The molecule has 0 radical (unpaired) electrons. The predicted molar refractivity (Wildman–Crippen MR) is 60.8 cm³/mol. The van der Waals surface area contributed by atoms with Gasteiger partial charge in [0.05, 0.1) is 0 Å². The lowest BCUT2D eigenvalue weighted by molar-refractivity contribution is -0.110. The van der Waals surface area contributed by atoms with Gasteiger partial charge in [-0.15, -0.1) is 0 Å². The van der Waals surface area contributed by atoms with Crippen molar-refractivity contribution in [2.75, 3.05) is 0 Å². The highest BCUT2D eigenvalue weighted by Crippen LogP contribution is 2.41. The monoisotopic (exact) mass is 205 g/mol. The van der Waals surface area contributed by atoms with Crippen LogP contribution in [-0.2, 0) is 0 Å². The number of aliphatic hydroxyl groups is 1. The molecule has 1 heterocycles. The number of hydrogen-bond donors (Lipinski definition) is 1. The second-order valence-corrected chi connectivity index (χ2v) is 4.73. The molecular formula is C13H19NO. The van der Waals surface area contributed by atoms with Gasteiger partial charge in [0.15, 0.2) is 5.72 Å². The molecule has 2 rings (SSSR count). The molecule has 1 saturated heterocycles. The molecule has 2 fully saturated rings. The third kappa shape index (κ3) is 1.66. The fraction of sp³-hybridized carbons (Fsp3) is 0.692. The maximum absolute atomic E-state index is 10.3. The van der Waals surface area contributed by atoms with Crippen molar-refractivity contribution in [1.82, 2.24) is 4.90 Å². The van der Waals surface area contributed by atoms with Gasteiger partial charge in [0, 0.05) is 12.1 Å². The number of fused-ring (bicyclic) bond motifs is 1. The second-order valence-electron chi connectivity index (χ2n) is 4.73. The Morgan fingerprint density at radius 1 is 1.40 bits per heavy atom. The number of terminal acetylenes is 1. The standard InChI is InChI=1S/C13H19NO/c1-3-13(15)10-9-11-7-5-6-8-12(11)14(13)4-2/h2-3,11-12,15H,1,5-10H2. The lowest BCUT2D eigenvalue weighted by atomic mass is 9.75. The van der Waals surface area contributed by atoms with Crippen molar-refractivity contribution in [3.05, 3.63) is 12.7 Å². The minimum Gasteiger partial charge on any atom is -0.367 e. The summed E-state index contributed by atoms with van der Waals surface area (Å²) < 4.78 is 0. The average Bonchev–Trinajstić information content (AvgIpc) is 2.29. The third-order valence-corrected chi connectivity index (χ3v) is 3.97. The topological polar surface area (TPSA) is 23.5 Å². The zero-order chi connectivity index (χ0) is 10.9. The van der Waals surface area contributed by atoms with Gasteiger partial charge >= 0.3 is 0 Å². The molecule has 0 amide bonds. The van der Waals surface area contributed by atoms with Gasteiger partial charge in [-0.1, -0.05) is 25.8 Å². The van der Waals surface area contributed by atoms with Gasteiger partial charge in [-0.2, -0.15) is 0 Å². The van der Waals surface area contributed by atoms with E-state index in [0.717, 1.165) is 19.3 Å². The molecule has 1 saturated carbocycles. The Morgan fingerprint density at radius 2 is 2.13 bits per heavy atom. The van der Waals surface area contributed by atoms with Crippen LogP contribution in [0, 0.1) is 18.4 Å². The maximum Gasteiger partial charge on any atom is 0.163 e. The first kappa shape index (κ1) is 10.6. The summed E-state index contributed by atoms with van der Waals surface area (Å²) in [7, 11) is 0. The van der Waals surface area contributed by atoms with Gasteiger partial charge in [0.25, 0.3) is 0 Å². The van der Waals surface area contributed by atoms with E-state index in [0.29, 0.717) is 12.0 Å². The van der Waals surface area contributed by atoms with E-state index in [1.54, 1.807) is 11.0 Å². The molecule has 0 aromatic rings. The summed E-state index contributed by atoms with van der Waals surface area (Å²) in [5.74, 6) is 0.676. The van der Waals surface area contributed by atoms with Crippen LogP contribution in [0.4, 0.5) is 0 Å². The molecule has 2 heteroatoms. The number of piperidine rings is 1. The number of nitrogens with zero attached hydrogens (tertiary/aromatic N) is 1. The molecular weight excluding hydrogens is 186 g/mol. The third-order valence-electron chi connectivity index (χ3n) is 3.97. The predicted octanol–water partition coefficient (Wildman–Crippen LogP) is 2.11. The molecule has 82 valence electrons. The van der Waals surface area contributed by atoms with Gasteiger partial charge in [-0.25, -0.2) is 0 Å². The van der Waals surface area contributed by atoms with Gasteiger partial charge < -0.3 is 5.11 Å². The molecule has 2 aliphatic rings. The summed E-state index contributed by atoms with van der Waals surface area (Å²) in [5.41, 5.74) is -0.965. The molecule has 0 bridgehead atoms. The fourth-order valence-corrected chi connectivity index (χ4v) is 3.08. The molecule has 1 aliphatic heterocycles. The van der Waals surface area contributed by atoms with Crippen LogP contribution in [0.2, 0.25) is 0 Å². The first-order valence-electron chi connectivity index (χ1n) is 5.83. The van der Waals surface area contributed by atoms with Crippen LogP contribution in [0.25, 0.3) is 0 Å². The number of hydrogen-bond acceptors (Lipinski definition) is 2. The van der Waals surface area contributed by atoms with Gasteiger partial charge in [0.2, 0.25) is 0 Å². The first-order valence-corrected chi connectivity index (χ1v) is 5.83. The fourth-order valence-electron chi connectivity index (χ4n) is 3.08. The van der Waals surface area contributed by atoms with Crippen LogP contribution in [-0.4, -0.2) is 21.8 Å². The van der Waals surface area contributed by atoms with Crippen molar-refractivity contribution in [2.24, 2.45) is 5.92 Å². The van der Waals surface area contributed by atoms with E-state index in [4.69, 9.17) is 6.42 Å². The summed E-state index contributed by atoms with van der Waals surface area (Å²) in [5, 5.41) is 10.3. The Balaban J connectivity index is 2.23. The van der Waals surface area contributed by atoms with Crippen molar-refractivity contribution < 1.29 is 5.11 Å². The smallest absolute Gasteiger partial charge is 0.163 e. The number of rotatable bonds is 1. The minimum atomic E-state index is -0.965. The molecule has 1 aliphatic carbocycles. The summed E-state index contributed by atoms with van der Waals surface area (Å²) in [6.07, 6.45) is 13.8. The summed E-state index contributed by atoms with van der Waals surface area (Å²) in [6.45, 7) is 3.70. The molecule has 2 nitrogen and oxygen atoms in total. The van der Waals surface area contributed by atoms with Crippen molar-refractivity contribution in [1.29, 1.82) is 0 Å². The van der Waals surface area contributed by atoms with Crippen LogP contribution < -0.4 is 0 Å². The Morgan fingerprint density at radius 3 is 2.80 bits per heavy atom. The van der Waals surface area contributed by atoms with Crippen LogP contribution >= 0.6 is 0 Å². The van der Waals surface area contributed by atoms with E-state index in [2.05, 4.69) is 12.6 Å². The van der Waals surface area contributed by atoms with E-state index < -0.39 is 5.72 Å². The largest absolute Gasteiger partial charge is 0.367 e. The van der Waals surface area contributed by atoms with Crippen LogP contribution in [0.3, 0.4) is 0 Å². The van der Waals surface area contributed by atoms with Crippen LogP contribution in [0.1, 0.15) is 38.5 Å². The van der Waals surface area contributed by atoms with Crippen molar-refractivity contribution in [2.45, 2.75) is 50.3 Å². The van der Waals surface area contributed by atoms with Gasteiger partial charge in [-0.3, -0.25) is 4.90 Å². The summed E-state index contributed by atoms with van der Waals surface area (Å²) in [6, 6.07) is 3.02. The van der Waals surface area contributed by atoms with E-state index >= 15 is 0 Å². The minimum absolute atomic E-state index is 0.362. The molecule has 0 spiro atoms. The highest BCUT2D eigenvalue weighted by molar-refractivity contribution is 5.10. The Labute approximate surface area is 92.0 Å². The molecule has 3 unspecified atom stereocenters. The average molecular weight is 205 g/mol. The van der Waals surface area contributed by atoms with E-state index in [1.807, 2.05) is 0 Å². The Hall–Kier alpha value is -0.940. The molecule has 15 heavy (non-hydrogen) atoms. The normalized spacial score (nSPS) is 40.4. The molecule has 3 atom stereocenters.